The molecule has 7 heteroatoms. The molecule has 1 aromatic carbocycles. The Morgan fingerprint density at radius 1 is 1.24 bits per heavy atom. The van der Waals surface area contributed by atoms with Crippen molar-refractivity contribution in [1.82, 2.24) is 14.9 Å². The molecule has 0 unspecified atom stereocenters. The molecule has 0 radical (unpaired) electrons. The number of benzene rings is 1. The number of ether oxygens (including phenoxy) is 1. The normalized spacial score (nSPS) is 10.7. The van der Waals surface area contributed by atoms with Crippen molar-refractivity contribution in [2.24, 2.45) is 0 Å². The number of nitrogen functional groups attached to an aromatic ring is 1. The van der Waals surface area contributed by atoms with Gasteiger partial charge in [-0.15, -0.1) is 10.2 Å². The van der Waals surface area contributed by atoms with E-state index in [1.807, 2.05) is 24.3 Å². The Bertz CT molecular complexity index is 707. The summed E-state index contributed by atoms with van der Waals surface area (Å²) < 4.78 is 11.8. The van der Waals surface area contributed by atoms with Crippen LogP contribution < -0.4 is 10.6 Å². The summed E-state index contributed by atoms with van der Waals surface area (Å²) >= 11 is 1.51. The van der Waals surface area contributed by atoms with Gasteiger partial charge in [0.1, 0.15) is 5.75 Å². The van der Waals surface area contributed by atoms with E-state index in [-0.39, 0.29) is 0 Å². The first-order chi connectivity index (χ1) is 10.3. The van der Waals surface area contributed by atoms with Crippen molar-refractivity contribution in [3.05, 3.63) is 48.2 Å². The lowest BCUT2D eigenvalue weighted by Crippen LogP contribution is -2.11. The van der Waals surface area contributed by atoms with Gasteiger partial charge in [-0.05, 0) is 29.8 Å². The standard InChI is InChI=1S/C14H14N4O2S/c1-19-11-6-4-10(5-7-11)9-21-14-17-16-13(18(14)15)12-3-2-8-20-12/h2-8H,9,15H2,1H3. The highest BCUT2D eigenvalue weighted by atomic mass is 32.2. The molecule has 6 nitrogen and oxygen atoms in total. The zero-order valence-corrected chi connectivity index (χ0v) is 12.2. The summed E-state index contributed by atoms with van der Waals surface area (Å²) in [5.74, 6) is 8.69. The van der Waals surface area contributed by atoms with E-state index in [0.29, 0.717) is 16.7 Å². The molecule has 2 heterocycles. The summed E-state index contributed by atoms with van der Waals surface area (Å²) in [7, 11) is 1.65. The van der Waals surface area contributed by atoms with Gasteiger partial charge in [-0.2, -0.15) is 0 Å². The van der Waals surface area contributed by atoms with Crippen LogP contribution in [0.3, 0.4) is 0 Å². The number of methoxy groups -OCH3 is 1. The van der Waals surface area contributed by atoms with Crippen molar-refractivity contribution in [3.63, 3.8) is 0 Å². The predicted molar refractivity (Wildman–Crippen MR) is 80.4 cm³/mol. The van der Waals surface area contributed by atoms with E-state index < -0.39 is 0 Å². The fraction of sp³-hybridized carbons (Fsp3) is 0.143. The van der Waals surface area contributed by atoms with Gasteiger partial charge in [0.25, 0.3) is 0 Å². The molecule has 108 valence electrons. The predicted octanol–water partition coefficient (Wildman–Crippen LogP) is 2.55. The van der Waals surface area contributed by atoms with E-state index in [9.17, 15) is 0 Å². The van der Waals surface area contributed by atoms with Crippen molar-refractivity contribution < 1.29 is 9.15 Å². The molecule has 0 saturated heterocycles. The number of aromatic nitrogens is 3. The van der Waals surface area contributed by atoms with Crippen molar-refractivity contribution in [2.45, 2.75) is 10.9 Å². The third-order valence-corrected chi connectivity index (χ3v) is 3.95. The summed E-state index contributed by atoms with van der Waals surface area (Å²) in [6.45, 7) is 0. The summed E-state index contributed by atoms with van der Waals surface area (Å²) in [6, 6.07) is 11.5. The number of nitrogens with two attached hydrogens (primary N) is 1. The van der Waals surface area contributed by atoms with Crippen molar-refractivity contribution in [3.8, 4) is 17.3 Å². The van der Waals surface area contributed by atoms with Gasteiger partial charge in [-0.1, -0.05) is 23.9 Å². The molecule has 21 heavy (non-hydrogen) atoms. The Morgan fingerprint density at radius 2 is 2.05 bits per heavy atom. The second-order valence-electron chi connectivity index (χ2n) is 4.29. The maximum atomic E-state index is 6.00. The minimum Gasteiger partial charge on any atom is -0.497 e. The van der Waals surface area contributed by atoms with Crippen molar-refractivity contribution in [2.75, 3.05) is 13.0 Å². The quantitative estimate of drug-likeness (QED) is 0.576. The second kappa shape index (κ2) is 5.92. The number of nitrogens with zero attached hydrogens (tertiary/aromatic N) is 3. The van der Waals surface area contributed by atoms with Crippen LogP contribution in [0.1, 0.15) is 5.56 Å². The van der Waals surface area contributed by atoms with Gasteiger partial charge in [-0.3, -0.25) is 0 Å². The van der Waals surface area contributed by atoms with Crippen LogP contribution in [0.4, 0.5) is 0 Å². The molecule has 2 N–H and O–H groups in total. The molecular weight excluding hydrogens is 288 g/mol. The maximum absolute atomic E-state index is 6.00. The van der Waals surface area contributed by atoms with E-state index in [2.05, 4.69) is 10.2 Å². The van der Waals surface area contributed by atoms with E-state index >= 15 is 0 Å². The van der Waals surface area contributed by atoms with Crippen LogP contribution in [-0.2, 0) is 5.75 Å². The third-order valence-electron chi connectivity index (χ3n) is 2.93. The molecule has 3 aromatic rings. The highest BCUT2D eigenvalue weighted by Crippen LogP contribution is 2.25. The number of furan rings is 1. The van der Waals surface area contributed by atoms with Crippen LogP contribution in [0.2, 0.25) is 0 Å². The van der Waals surface area contributed by atoms with Crippen LogP contribution in [0.15, 0.2) is 52.2 Å². The van der Waals surface area contributed by atoms with Crippen molar-refractivity contribution >= 4 is 11.8 Å². The fourth-order valence-corrected chi connectivity index (χ4v) is 2.63. The van der Waals surface area contributed by atoms with Crippen LogP contribution in [-0.4, -0.2) is 22.0 Å². The molecule has 0 aliphatic carbocycles. The van der Waals surface area contributed by atoms with Crippen LogP contribution >= 0.6 is 11.8 Å². The number of hydrogen-bond acceptors (Lipinski definition) is 6. The zero-order chi connectivity index (χ0) is 14.7. The third kappa shape index (κ3) is 2.87. The Kier molecular flexibility index (Phi) is 3.83. The largest absolute Gasteiger partial charge is 0.497 e. The van der Waals surface area contributed by atoms with Crippen LogP contribution in [0.25, 0.3) is 11.6 Å². The molecule has 3 rings (SSSR count). The maximum Gasteiger partial charge on any atom is 0.218 e. The minimum atomic E-state index is 0.511. The Balaban J connectivity index is 1.70. The van der Waals surface area contributed by atoms with Gasteiger partial charge in [0, 0.05) is 5.75 Å². The highest BCUT2D eigenvalue weighted by Gasteiger charge is 2.14. The lowest BCUT2D eigenvalue weighted by Gasteiger charge is -2.04. The molecule has 0 aliphatic rings. The monoisotopic (exact) mass is 302 g/mol. The Morgan fingerprint density at radius 3 is 2.71 bits per heavy atom. The Labute approximate surface area is 125 Å². The lowest BCUT2D eigenvalue weighted by atomic mass is 10.2. The molecule has 0 spiro atoms. The first kappa shape index (κ1) is 13.6. The fourth-order valence-electron chi connectivity index (χ4n) is 1.82. The van der Waals surface area contributed by atoms with E-state index in [1.165, 1.54) is 16.4 Å². The van der Waals surface area contributed by atoms with E-state index in [1.54, 1.807) is 25.5 Å². The highest BCUT2D eigenvalue weighted by molar-refractivity contribution is 7.98. The summed E-state index contributed by atoms with van der Waals surface area (Å²) in [5, 5.41) is 8.77. The topological polar surface area (TPSA) is 79.1 Å². The first-order valence-corrected chi connectivity index (χ1v) is 7.26. The first-order valence-electron chi connectivity index (χ1n) is 6.28. The Hall–Kier alpha value is -2.41. The summed E-state index contributed by atoms with van der Waals surface area (Å²) in [5.41, 5.74) is 1.16. The lowest BCUT2D eigenvalue weighted by molar-refractivity contribution is 0.414. The van der Waals surface area contributed by atoms with Gasteiger partial charge < -0.3 is 15.0 Å². The number of hydrogen-bond donors (Lipinski definition) is 1. The molecule has 2 aromatic heterocycles. The molecule has 0 saturated carbocycles. The van der Waals surface area contributed by atoms with Gasteiger partial charge in [0.2, 0.25) is 11.0 Å². The molecule has 0 bridgehead atoms. The van der Waals surface area contributed by atoms with E-state index in [4.69, 9.17) is 15.0 Å². The van der Waals surface area contributed by atoms with Crippen molar-refractivity contribution in [1.29, 1.82) is 0 Å². The molecule has 0 fully saturated rings. The average molecular weight is 302 g/mol. The van der Waals surface area contributed by atoms with Gasteiger partial charge >= 0.3 is 0 Å². The average Bonchev–Trinajstić information content (AvgIpc) is 3.15. The SMILES string of the molecule is COc1ccc(CSc2nnc(-c3ccco3)n2N)cc1. The van der Waals surface area contributed by atoms with Gasteiger partial charge in [-0.25, -0.2) is 4.68 Å². The number of thioether (sulfide) groups is 1. The van der Waals surface area contributed by atoms with Gasteiger partial charge in [0.15, 0.2) is 5.76 Å². The number of rotatable bonds is 5. The smallest absolute Gasteiger partial charge is 0.218 e. The second-order valence-corrected chi connectivity index (χ2v) is 5.23. The molecule has 0 atom stereocenters. The molecule has 0 aliphatic heterocycles. The van der Waals surface area contributed by atoms with E-state index in [0.717, 1.165) is 17.1 Å². The van der Waals surface area contributed by atoms with Crippen LogP contribution in [0.5, 0.6) is 5.75 Å². The summed E-state index contributed by atoms with van der Waals surface area (Å²) in [6.07, 6.45) is 1.58. The summed E-state index contributed by atoms with van der Waals surface area (Å²) in [4.78, 5) is 0. The zero-order valence-electron chi connectivity index (χ0n) is 11.4. The van der Waals surface area contributed by atoms with Crippen LogP contribution in [0, 0.1) is 0 Å². The van der Waals surface area contributed by atoms with Gasteiger partial charge in [0.05, 0.1) is 13.4 Å². The molecular formula is C14H14N4O2S. The minimum absolute atomic E-state index is 0.511. The molecule has 0 amide bonds.